The number of hydrogen-bond acceptors (Lipinski definition) is 4. The highest BCUT2D eigenvalue weighted by Crippen LogP contribution is 2.26. The lowest BCUT2D eigenvalue weighted by Crippen LogP contribution is -2.21. The van der Waals surface area contributed by atoms with Crippen LogP contribution in [-0.2, 0) is 4.79 Å². The summed E-state index contributed by atoms with van der Waals surface area (Å²) in [7, 11) is 3.14. The lowest BCUT2D eigenvalue weighted by molar-refractivity contribution is -0.115. The molecule has 0 unspecified atom stereocenters. The van der Waals surface area contributed by atoms with Gasteiger partial charge in [-0.1, -0.05) is 0 Å². The van der Waals surface area contributed by atoms with Gasteiger partial charge in [0, 0.05) is 11.6 Å². The molecule has 1 aliphatic heterocycles. The number of ether oxygens (including phenoxy) is 2. The Balaban J connectivity index is 2.37. The van der Waals surface area contributed by atoms with E-state index >= 15 is 0 Å². The lowest BCUT2D eigenvalue weighted by Gasteiger charge is -2.07. The molecule has 0 spiro atoms. The number of benzene rings is 1. The molecule has 2 N–H and O–H groups in total. The molecule has 0 aliphatic carbocycles. The van der Waals surface area contributed by atoms with Crippen molar-refractivity contribution < 1.29 is 14.3 Å². The van der Waals surface area contributed by atoms with Crippen LogP contribution in [0.2, 0.25) is 0 Å². The van der Waals surface area contributed by atoms with Crippen LogP contribution in [0.15, 0.2) is 23.9 Å². The quantitative estimate of drug-likeness (QED) is 0.631. The predicted molar refractivity (Wildman–Crippen MR) is 71.4 cm³/mol. The van der Waals surface area contributed by atoms with Crippen molar-refractivity contribution >= 4 is 29.3 Å². The van der Waals surface area contributed by atoms with Crippen LogP contribution in [0.1, 0.15) is 5.56 Å². The fourth-order valence-corrected chi connectivity index (χ4v) is 1.78. The predicted octanol–water partition coefficient (Wildman–Crippen LogP) is 1.05. The molecule has 0 radical (unpaired) electrons. The Labute approximate surface area is 110 Å². The van der Waals surface area contributed by atoms with E-state index in [1.54, 1.807) is 38.5 Å². The van der Waals surface area contributed by atoms with E-state index in [1.165, 1.54) is 0 Å². The summed E-state index contributed by atoms with van der Waals surface area (Å²) >= 11 is 4.86. The first kappa shape index (κ1) is 12.4. The van der Waals surface area contributed by atoms with E-state index in [0.717, 1.165) is 5.56 Å². The lowest BCUT2D eigenvalue weighted by atomic mass is 10.1. The molecule has 1 heterocycles. The molecule has 1 saturated heterocycles. The van der Waals surface area contributed by atoms with Crippen LogP contribution in [0.4, 0.5) is 0 Å². The van der Waals surface area contributed by atoms with Gasteiger partial charge in [-0.05, 0) is 30.4 Å². The summed E-state index contributed by atoms with van der Waals surface area (Å²) in [6, 6.07) is 5.35. The van der Waals surface area contributed by atoms with Crippen LogP contribution in [0.25, 0.3) is 6.08 Å². The van der Waals surface area contributed by atoms with Crippen LogP contribution in [-0.4, -0.2) is 25.2 Å². The molecular formula is C12H12N2O3S. The van der Waals surface area contributed by atoms with Gasteiger partial charge in [-0.25, -0.2) is 0 Å². The third-order valence-corrected chi connectivity index (χ3v) is 2.66. The average Bonchev–Trinajstić information content (AvgIpc) is 2.68. The second kappa shape index (κ2) is 5.05. The monoisotopic (exact) mass is 264 g/mol. The van der Waals surface area contributed by atoms with Crippen molar-refractivity contribution in [3.63, 3.8) is 0 Å². The van der Waals surface area contributed by atoms with E-state index in [4.69, 9.17) is 21.7 Å². The largest absolute Gasteiger partial charge is 0.497 e. The van der Waals surface area contributed by atoms with Gasteiger partial charge in [-0.3, -0.25) is 10.1 Å². The van der Waals surface area contributed by atoms with Crippen LogP contribution in [0.3, 0.4) is 0 Å². The van der Waals surface area contributed by atoms with Gasteiger partial charge in [-0.2, -0.15) is 0 Å². The highest BCUT2D eigenvalue weighted by molar-refractivity contribution is 7.80. The minimum Gasteiger partial charge on any atom is -0.497 e. The van der Waals surface area contributed by atoms with E-state index in [9.17, 15) is 4.79 Å². The summed E-state index contributed by atoms with van der Waals surface area (Å²) in [6.07, 6.45) is 1.67. The van der Waals surface area contributed by atoms with Crippen LogP contribution in [0, 0.1) is 0 Å². The maximum Gasteiger partial charge on any atom is 0.273 e. The van der Waals surface area contributed by atoms with Crippen LogP contribution >= 0.6 is 12.2 Å². The minimum atomic E-state index is -0.252. The Morgan fingerprint density at radius 1 is 1.22 bits per heavy atom. The number of hydrogen-bond donors (Lipinski definition) is 2. The van der Waals surface area contributed by atoms with Gasteiger partial charge in [0.1, 0.15) is 17.2 Å². The van der Waals surface area contributed by atoms with Crippen molar-refractivity contribution in [3.05, 3.63) is 29.5 Å². The van der Waals surface area contributed by atoms with E-state index in [1.807, 2.05) is 0 Å². The third kappa shape index (κ3) is 2.43. The molecule has 1 fully saturated rings. The molecule has 1 aromatic rings. The maximum atomic E-state index is 11.5. The first-order valence-corrected chi connectivity index (χ1v) is 5.61. The molecular weight excluding hydrogens is 252 g/mol. The van der Waals surface area contributed by atoms with Crippen molar-refractivity contribution in [3.8, 4) is 11.5 Å². The molecule has 0 atom stereocenters. The molecule has 1 amide bonds. The number of nitrogens with one attached hydrogen (secondary N) is 2. The number of thiocarbonyl (C=S) groups is 1. The standard InChI is InChI=1S/C12H12N2O3S/c1-16-8-4-3-7(10(6-8)17-2)5-9-11(15)14-12(18)13-9/h3-6H,1-2H3,(H2,13,14,15,18)/b9-5-. The fraction of sp³-hybridized carbons (Fsp3) is 0.167. The summed E-state index contributed by atoms with van der Waals surface area (Å²) < 4.78 is 10.3. The molecule has 1 aliphatic rings. The summed E-state index contributed by atoms with van der Waals surface area (Å²) in [6.45, 7) is 0. The van der Waals surface area contributed by atoms with Gasteiger partial charge < -0.3 is 14.8 Å². The van der Waals surface area contributed by atoms with Gasteiger partial charge >= 0.3 is 0 Å². The zero-order valence-electron chi connectivity index (χ0n) is 9.94. The van der Waals surface area contributed by atoms with Crippen molar-refractivity contribution in [2.45, 2.75) is 0 Å². The molecule has 0 bridgehead atoms. The molecule has 5 nitrogen and oxygen atoms in total. The maximum absolute atomic E-state index is 11.5. The summed E-state index contributed by atoms with van der Waals surface area (Å²) in [5.74, 6) is 1.06. The highest BCUT2D eigenvalue weighted by Gasteiger charge is 2.20. The van der Waals surface area contributed by atoms with E-state index in [2.05, 4.69) is 10.6 Å². The average molecular weight is 264 g/mol. The molecule has 6 heteroatoms. The Morgan fingerprint density at radius 3 is 2.56 bits per heavy atom. The molecule has 1 aromatic carbocycles. The Morgan fingerprint density at radius 2 is 2.00 bits per heavy atom. The van der Waals surface area contributed by atoms with Gasteiger partial charge in [-0.15, -0.1) is 0 Å². The number of carbonyl (C=O) groups is 1. The van der Waals surface area contributed by atoms with Crippen LogP contribution < -0.4 is 20.1 Å². The minimum absolute atomic E-state index is 0.252. The zero-order chi connectivity index (χ0) is 13.1. The summed E-state index contributed by atoms with van der Waals surface area (Å²) in [5.41, 5.74) is 1.16. The van der Waals surface area contributed by atoms with Gasteiger partial charge in [0.25, 0.3) is 5.91 Å². The molecule has 18 heavy (non-hydrogen) atoms. The van der Waals surface area contributed by atoms with E-state index in [0.29, 0.717) is 22.3 Å². The third-order valence-electron chi connectivity index (χ3n) is 2.46. The van der Waals surface area contributed by atoms with Crippen molar-refractivity contribution in [1.82, 2.24) is 10.6 Å². The zero-order valence-corrected chi connectivity index (χ0v) is 10.8. The Kier molecular flexibility index (Phi) is 3.47. The Bertz CT molecular complexity index is 540. The van der Waals surface area contributed by atoms with Crippen molar-refractivity contribution in [2.24, 2.45) is 0 Å². The first-order chi connectivity index (χ1) is 8.63. The van der Waals surface area contributed by atoms with Crippen molar-refractivity contribution in [2.75, 3.05) is 14.2 Å². The second-order valence-corrected chi connectivity index (χ2v) is 3.98. The van der Waals surface area contributed by atoms with Gasteiger partial charge in [0.2, 0.25) is 0 Å². The first-order valence-electron chi connectivity index (χ1n) is 5.20. The van der Waals surface area contributed by atoms with Gasteiger partial charge in [0.05, 0.1) is 14.2 Å². The van der Waals surface area contributed by atoms with Crippen molar-refractivity contribution in [1.29, 1.82) is 0 Å². The number of methoxy groups -OCH3 is 2. The normalized spacial score (nSPS) is 16.4. The molecule has 0 saturated carbocycles. The smallest absolute Gasteiger partial charge is 0.273 e. The van der Waals surface area contributed by atoms with Crippen LogP contribution in [0.5, 0.6) is 11.5 Å². The number of carbonyl (C=O) groups excluding carboxylic acids is 1. The van der Waals surface area contributed by atoms with E-state index < -0.39 is 0 Å². The number of rotatable bonds is 3. The Hall–Kier alpha value is -2.08. The molecule has 2 rings (SSSR count). The number of amides is 1. The second-order valence-electron chi connectivity index (χ2n) is 3.57. The summed E-state index contributed by atoms with van der Waals surface area (Å²) in [5, 5.41) is 5.58. The molecule has 94 valence electrons. The van der Waals surface area contributed by atoms with Gasteiger partial charge in [0.15, 0.2) is 5.11 Å². The SMILES string of the molecule is COc1ccc(/C=C2\NC(=S)NC2=O)c(OC)c1. The summed E-state index contributed by atoms with van der Waals surface area (Å²) in [4.78, 5) is 11.5. The van der Waals surface area contributed by atoms with E-state index in [-0.39, 0.29) is 5.91 Å². The fourth-order valence-electron chi connectivity index (χ4n) is 1.58. The highest BCUT2D eigenvalue weighted by atomic mass is 32.1. The topological polar surface area (TPSA) is 59.6 Å². The molecule has 0 aromatic heterocycles.